The zero-order valence-electron chi connectivity index (χ0n) is 21.1. The summed E-state index contributed by atoms with van der Waals surface area (Å²) >= 11 is 0. The first-order chi connectivity index (χ1) is 16.2. The molecule has 198 valence electrons. The maximum absolute atomic E-state index is 11.8. The molecule has 0 saturated carbocycles. The van der Waals surface area contributed by atoms with Crippen LogP contribution in [0.1, 0.15) is 53.4 Å². The van der Waals surface area contributed by atoms with Crippen molar-refractivity contribution in [1.82, 2.24) is 9.80 Å². The van der Waals surface area contributed by atoms with Crippen LogP contribution in [-0.2, 0) is 38.1 Å². The van der Waals surface area contributed by atoms with Crippen LogP contribution in [0.4, 0.5) is 0 Å². The van der Waals surface area contributed by atoms with Crippen molar-refractivity contribution in [2.45, 2.75) is 59.5 Å². The predicted molar refractivity (Wildman–Crippen MR) is 124 cm³/mol. The molecule has 0 aromatic rings. The van der Waals surface area contributed by atoms with Gasteiger partial charge in [-0.1, -0.05) is 0 Å². The van der Waals surface area contributed by atoms with Gasteiger partial charge in [-0.25, -0.2) is 0 Å². The van der Waals surface area contributed by atoms with Crippen molar-refractivity contribution in [1.29, 1.82) is 0 Å². The maximum Gasteiger partial charge on any atom is 0.307 e. The minimum atomic E-state index is -0.853. The van der Waals surface area contributed by atoms with E-state index >= 15 is 0 Å². The highest BCUT2D eigenvalue weighted by Crippen LogP contribution is 2.05. The number of ether oxygens (including phenoxy) is 4. The van der Waals surface area contributed by atoms with Gasteiger partial charge in [0.05, 0.1) is 58.2 Å². The fourth-order valence-electron chi connectivity index (χ4n) is 3.17. The lowest BCUT2D eigenvalue weighted by molar-refractivity contribution is -0.145. The molecular weight excluding hydrogens is 448 g/mol. The molecule has 0 aromatic heterocycles. The van der Waals surface area contributed by atoms with Gasteiger partial charge in [0.2, 0.25) is 0 Å². The fraction of sp³-hybridized carbons (Fsp3) is 0.826. The van der Waals surface area contributed by atoms with Gasteiger partial charge >= 0.3 is 23.9 Å². The molecule has 0 rings (SSSR count). The molecule has 0 spiro atoms. The molecule has 11 nitrogen and oxygen atoms in total. The molecule has 0 aliphatic rings. The Hall–Kier alpha value is -2.24. The maximum atomic E-state index is 11.8. The molecule has 0 saturated heterocycles. The van der Waals surface area contributed by atoms with Gasteiger partial charge in [0.15, 0.2) is 0 Å². The second-order valence-corrected chi connectivity index (χ2v) is 7.48. The number of carbonyl (C=O) groups is 4. The van der Waals surface area contributed by atoms with E-state index in [1.165, 1.54) is 0 Å². The van der Waals surface area contributed by atoms with Crippen LogP contribution in [0.5, 0.6) is 0 Å². The summed E-state index contributed by atoms with van der Waals surface area (Å²) in [5.74, 6) is -1.43. The van der Waals surface area contributed by atoms with Gasteiger partial charge in [-0.3, -0.25) is 29.0 Å². The first kappa shape index (κ1) is 31.8. The van der Waals surface area contributed by atoms with Crippen LogP contribution in [0, 0.1) is 0 Å². The van der Waals surface area contributed by atoms with Crippen LogP contribution in [0.25, 0.3) is 0 Å². The van der Waals surface area contributed by atoms with Crippen LogP contribution in [0.15, 0.2) is 0 Å². The average Bonchev–Trinajstić information content (AvgIpc) is 2.78. The van der Waals surface area contributed by atoms with Crippen molar-refractivity contribution in [3.63, 3.8) is 0 Å². The average molecular weight is 491 g/mol. The van der Waals surface area contributed by atoms with E-state index in [1.807, 2.05) is 0 Å². The van der Waals surface area contributed by atoms with Crippen molar-refractivity contribution >= 4 is 23.9 Å². The van der Waals surface area contributed by atoms with E-state index in [4.69, 9.17) is 18.9 Å². The minimum absolute atomic E-state index is 0.124. The van der Waals surface area contributed by atoms with E-state index in [-0.39, 0.29) is 89.1 Å². The Bertz CT molecular complexity index is 507. The number of esters is 4. The lowest BCUT2D eigenvalue weighted by Gasteiger charge is -2.28. The number of nitrogens with zero attached hydrogens (tertiary/aromatic N) is 2. The number of aliphatic hydroxyl groups is 1. The zero-order chi connectivity index (χ0) is 25.8. The second-order valence-electron chi connectivity index (χ2n) is 7.48. The Morgan fingerprint density at radius 3 is 1.00 bits per heavy atom. The predicted octanol–water partition coefficient (Wildman–Crippen LogP) is 0.764. The zero-order valence-corrected chi connectivity index (χ0v) is 21.1. The largest absolute Gasteiger partial charge is 0.466 e. The summed E-state index contributed by atoms with van der Waals surface area (Å²) in [4.78, 5) is 50.6. The Labute approximate surface area is 202 Å². The van der Waals surface area contributed by atoms with Gasteiger partial charge in [0, 0.05) is 39.3 Å². The van der Waals surface area contributed by atoms with Crippen molar-refractivity contribution in [3.8, 4) is 0 Å². The summed E-state index contributed by atoms with van der Waals surface area (Å²) in [5.41, 5.74) is 0. The van der Waals surface area contributed by atoms with Crippen molar-refractivity contribution in [2.75, 3.05) is 65.7 Å². The normalized spacial score (nSPS) is 11.1. The van der Waals surface area contributed by atoms with Crippen LogP contribution in [-0.4, -0.2) is 111 Å². The molecule has 34 heavy (non-hydrogen) atoms. The highest BCUT2D eigenvalue weighted by molar-refractivity contribution is 5.70. The molecule has 0 aliphatic heterocycles. The topological polar surface area (TPSA) is 132 Å². The first-order valence-corrected chi connectivity index (χ1v) is 12.0. The van der Waals surface area contributed by atoms with Crippen molar-refractivity contribution in [2.24, 2.45) is 0 Å². The molecular formula is C23H42N2O9. The third-order valence-corrected chi connectivity index (χ3v) is 4.69. The van der Waals surface area contributed by atoms with Gasteiger partial charge in [0.25, 0.3) is 0 Å². The van der Waals surface area contributed by atoms with Gasteiger partial charge in [-0.2, -0.15) is 0 Å². The summed E-state index contributed by atoms with van der Waals surface area (Å²) in [7, 11) is 0. The molecule has 11 heteroatoms. The smallest absolute Gasteiger partial charge is 0.307 e. The van der Waals surface area contributed by atoms with Crippen LogP contribution < -0.4 is 0 Å². The first-order valence-electron chi connectivity index (χ1n) is 12.0. The highest BCUT2D eigenvalue weighted by Gasteiger charge is 2.20. The Morgan fingerprint density at radius 2 is 0.794 bits per heavy atom. The Morgan fingerprint density at radius 1 is 0.559 bits per heavy atom. The second kappa shape index (κ2) is 20.2. The summed E-state index contributed by atoms with van der Waals surface area (Å²) in [6.45, 7) is 9.61. The summed E-state index contributed by atoms with van der Waals surface area (Å²) in [5, 5.41) is 10.7. The number of carbonyl (C=O) groups excluding carboxylic acids is 4. The summed E-state index contributed by atoms with van der Waals surface area (Å²) < 4.78 is 19.8. The highest BCUT2D eigenvalue weighted by atomic mass is 16.5. The lowest BCUT2D eigenvalue weighted by Crippen LogP contribution is -2.43. The van der Waals surface area contributed by atoms with E-state index in [2.05, 4.69) is 0 Å². The fourth-order valence-corrected chi connectivity index (χ4v) is 3.17. The molecule has 0 radical (unpaired) electrons. The molecule has 0 bridgehead atoms. The number of hydrogen-bond acceptors (Lipinski definition) is 11. The van der Waals surface area contributed by atoms with Crippen LogP contribution in [0.2, 0.25) is 0 Å². The molecule has 1 N–H and O–H groups in total. The van der Waals surface area contributed by atoms with Crippen LogP contribution in [0.3, 0.4) is 0 Å². The minimum Gasteiger partial charge on any atom is -0.466 e. The molecule has 0 amide bonds. The molecule has 0 heterocycles. The van der Waals surface area contributed by atoms with Gasteiger partial charge in [-0.15, -0.1) is 0 Å². The summed E-state index contributed by atoms with van der Waals surface area (Å²) in [6.07, 6.45) is -0.358. The van der Waals surface area contributed by atoms with Gasteiger partial charge < -0.3 is 24.1 Å². The number of rotatable bonds is 20. The molecule has 0 fully saturated rings. The Kier molecular flexibility index (Phi) is 18.8. The third kappa shape index (κ3) is 17.3. The molecule has 0 aromatic carbocycles. The monoisotopic (exact) mass is 490 g/mol. The van der Waals surface area contributed by atoms with E-state index < -0.39 is 6.10 Å². The standard InChI is InChI=1S/C23H42N2O9/c1-5-31-20(27)9-13-24(14-10-21(28)32-6-2)17-19(26)18-25(15-11-22(29)33-7-3)16-12-23(30)34-8-4/h19,26H,5-18H2,1-4H3. The third-order valence-electron chi connectivity index (χ3n) is 4.69. The molecule has 0 aliphatic carbocycles. The van der Waals surface area contributed by atoms with E-state index in [1.54, 1.807) is 37.5 Å². The van der Waals surface area contributed by atoms with Crippen LogP contribution >= 0.6 is 0 Å². The van der Waals surface area contributed by atoms with E-state index in [0.717, 1.165) is 0 Å². The number of aliphatic hydroxyl groups excluding tert-OH is 1. The van der Waals surface area contributed by atoms with E-state index in [0.29, 0.717) is 26.2 Å². The van der Waals surface area contributed by atoms with Gasteiger partial charge in [0.1, 0.15) is 0 Å². The van der Waals surface area contributed by atoms with Crippen molar-refractivity contribution in [3.05, 3.63) is 0 Å². The quantitative estimate of drug-likeness (QED) is 0.192. The summed E-state index contributed by atoms with van der Waals surface area (Å²) in [6, 6.07) is 0. The molecule has 0 atom stereocenters. The Balaban J connectivity index is 5.00. The SMILES string of the molecule is CCOC(=O)CCN(CCC(=O)OCC)CC(O)CN(CCC(=O)OCC)CCC(=O)OCC. The molecule has 0 unspecified atom stereocenters. The van der Waals surface area contributed by atoms with Crippen molar-refractivity contribution < 1.29 is 43.2 Å². The lowest BCUT2D eigenvalue weighted by atomic mass is 10.2. The number of hydrogen-bond donors (Lipinski definition) is 1. The van der Waals surface area contributed by atoms with E-state index in [9.17, 15) is 24.3 Å². The van der Waals surface area contributed by atoms with Gasteiger partial charge in [-0.05, 0) is 27.7 Å².